The third-order valence-corrected chi connectivity index (χ3v) is 4.69. The normalized spacial score (nSPS) is 14.2. The monoisotopic (exact) mass is 402 g/mol. The summed E-state index contributed by atoms with van der Waals surface area (Å²) in [7, 11) is 0. The van der Waals surface area contributed by atoms with Gasteiger partial charge in [-0.1, -0.05) is 23.4 Å². The van der Waals surface area contributed by atoms with Gasteiger partial charge < -0.3 is 10.3 Å². The van der Waals surface area contributed by atoms with E-state index < -0.39 is 0 Å². The molecule has 3 heterocycles. The van der Waals surface area contributed by atoms with Crippen LogP contribution >= 0.6 is 15.9 Å². The predicted molar refractivity (Wildman–Crippen MR) is 96.1 cm³/mol. The van der Waals surface area contributed by atoms with Crippen molar-refractivity contribution in [2.75, 3.05) is 5.73 Å². The zero-order valence-corrected chi connectivity index (χ0v) is 15.0. The Balaban J connectivity index is 1.86. The molecule has 25 heavy (non-hydrogen) atoms. The zero-order valence-electron chi connectivity index (χ0n) is 13.4. The van der Waals surface area contributed by atoms with Crippen molar-refractivity contribution in [3.8, 4) is 0 Å². The fourth-order valence-electron chi connectivity index (χ4n) is 2.81. The van der Waals surface area contributed by atoms with Crippen molar-refractivity contribution in [1.29, 1.82) is 0 Å². The fraction of sp³-hybridized carbons (Fsp3) is 0.250. The Morgan fingerprint density at radius 3 is 2.92 bits per heavy atom. The average molecular weight is 403 g/mol. The van der Waals surface area contributed by atoms with Crippen LogP contribution in [0.15, 0.2) is 38.1 Å². The highest BCUT2D eigenvalue weighted by atomic mass is 79.9. The number of rotatable bonds is 3. The van der Waals surface area contributed by atoms with Crippen molar-refractivity contribution in [3.63, 3.8) is 0 Å². The molecule has 0 unspecified atom stereocenters. The van der Waals surface area contributed by atoms with Gasteiger partial charge in [-0.15, -0.1) is 5.10 Å². The number of nitrogens with zero attached hydrogens (tertiary/aromatic N) is 5. The number of anilines is 1. The SMILES string of the molecule is Cc1cc(Cn2nc3c(Br)c(C4=CCCC=C4)nc(N)n3c2=O)no1. The van der Waals surface area contributed by atoms with Crippen LogP contribution in [0.25, 0.3) is 11.2 Å². The smallest absolute Gasteiger partial charge is 0.353 e. The van der Waals surface area contributed by atoms with Crippen LogP contribution < -0.4 is 11.4 Å². The first kappa shape index (κ1) is 15.8. The van der Waals surface area contributed by atoms with Crippen molar-refractivity contribution < 1.29 is 4.52 Å². The quantitative estimate of drug-likeness (QED) is 0.720. The first-order chi connectivity index (χ1) is 12.0. The molecular formula is C16H15BrN6O2. The predicted octanol–water partition coefficient (Wildman–Crippen LogP) is 2.31. The number of aromatic nitrogens is 5. The molecule has 1 aliphatic carbocycles. The van der Waals surface area contributed by atoms with E-state index in [4.69, 9.17) is 10.3 Å². The van der Waals surface area contributed by atoms with Crippen molar-refractivity contribution in [2.24, 2.45) is 0 Å². The summed E-state index contributed by atoms with van der Waals surface area (Å²) in [6, 6.07) is 1.76. The summed E-state index contributed by atoms with van der Waals surface area (Å²) >= 11 is 3.53. The summed E-state index contributed by atoms with van der Waals surface area (Å²) in [6.45, 7) is 1.99. The van der Waals surface area contributed by atoms with Crippen molar-refractivity contribution in [3.05, 3.63) is 56.4 Å². The van der Waals surface area contributed by atoms with Gasteiger partial charge in [0.2, 0.25) is 5.95 Å². The molecule has 0 saturated carbocycles. The van der Waals surface area contributed by atoms with Crippen LogP contribution in [0, 0.1) is 6.92 Å². The number of nitrogens with two attached hydrogens (primary N) is 1. The van der Waals surface area contributed by atoms with Crippen molar-refractivity contribution in [2.45, 2.75) is 26.3 Å². The maximum Gasteiger partial charge on any atom is 0.353 e. The van der Waals surface area contributed by atoms with Gasteiger partial charge in [-0.05, 0) is 41.3 Å². The Hall–Kier alpha value is -2.68. The first-order valence-corrected chi connectivity index (χ1v) is 8.57. The van der Waals surface area contributed by atoms with Crippen LogP contribution in [0.2, 0.25) is 0 Å². The van der Waals surface area contributed by atoms with Gasteiger partial charge in [0.05, 0.1) is 16.7 Å². The molecule has 0 fully saturated rings. The number of allylic oxidation sites excluding steroid dienone is 4. The van der Waals surface area contributed by atoms with Gasteiger partial charge >= 0.3 is 5.69 Å². The highest BCUT2D eigenvalue weighted by Gasteiger charge is 2.19. The van der Waals surface area contributed by atoms with E-state index in [1.54, 1.807) is 13.0 Å². The minimum Gasteiger partial charge on any atom is -0.369 e. The molecule has 0 radical (unpaired) electrons. The third-order valence-electron chi connectivity index (χ3n) is 3.96. The summed E-state index contributed by atoms with van der Waals surface area (Å²) in [5.41, 5.74) is 8.34. The van der Waals surface area contributed by atoms with Gasteiger partial charge in [-0.2, -0.15) is 0 Å². The van der Waals surface area contributed by atoms with Crippen LogP contribution in [-0.4, -0.2) is 24.3 Å². The van der Waals surface area contributed by atoms with Crippen LogP contribution in [0.5, 0.6) is 0 Å². The van der Waals surface area contributed by atoms with Crippen molar-refractivity contribution >= 4 is 33.1 Å². The largest absolute Gasteiger partial charge is 0.369 e. The number of hydrogen-bond acceptors (Lipinski definition) is 6. The Morgan fingerprint density at radius 1 is 1.40 bits per heavy atom. The number of nitrogen functional groups attached to an aromatic ring is 1. The molecule has 0 aliphatic heterocycles. The summed E-state index contributed by atoms with van der Waals surface area (Å²) in [6.07, 6.45) is 8.12. The second-order valence-corrected chi connectivity index (χ2v) is 6.59. The molecule has 9 heteroatoms. The molecule has 2 N–H and O–H groups in total. The van der Waals surface area contributed by atoms with Gasteiger partial charge in [0.1, 0.15) is 11.5 Å². The number of hydrogen-bond donors (Lipinski definition) is 1. The van der Waals surface area contributed by atoms with E-state index in [-0.39, 0.29) is 18.2 Å². The van der Waals surface area contributed by atoms with Crippen LogP contribution in [0.3, 0.4) is 0 Å². The molecule has 0 saturated heterocycles. The second-order valence-electron chi connectivity index (χ2n) is 5.80. The molecule has 0 bridgehead atoms. The Labute approximate surface area is 150 Å². The molecule has 1 aliphatic rings. The van der Waals surface area contributed by atoms with Gasteiger partial charge in [0.15, 0.2) is 5.65 Å². The van der Waals surface area contributed by atoms with E-state index in [1.165, 1.54) is 9.08 Å². The molecule has 0 amide bonds. The molecule has 8 nitrogen and oxygen atoms in total. The maximum absolute atomic E-state index is 12.6. The molecule has 4 rings (SSSR count). The number of fused-ring (bicyclic) bond motifs is 1. The van der Waals surface area contributed by atoms with Crippen LogP contribution in [0.4, 0.5) is 5.95 Å². The summed E-state index contributed by atoms with van der Waals surface area (Å²) in [4.78, 5) is 17.0. The zero-order chi connectivity index (χ0) is 17.6. The van der Waals surface area contributed by atoms with Gasteiger partial charge in [-0.3, -0.25) is 0 Å². The highest BCUT2D eigenvalue weighted by Crippen LogP contribution is 2.29. The van der Waals surface area contributed by atoms with E-state index in [1.807, 2.05) is 6.08 Å². The lowest BCUT2D eigenvalue weighted by Crippen LogP contribution is -2.23. The van der Waals surface area contributed by atoms with E-state index in [9.17, 15) is 4.79 Å². The van der Waals surface area contributed by atoms with Crippen molar-refractivity contribution in [1.82, 2.24) is 24.3 Å². The van der Waals surface area contributed by atoms with E-state index >= 15 is 0 Å². The first-order valence-electron chi connectivity index (χ1n) is 7.78. The Morgan fingerprint density at radius 2 is 2.24 bits per heavy atom. The lowest BCUT2D eigenvalue weighted by atomic mass is 10.0. The van der Waals surface area contributed by atoms with Gasteiger partial charge in [-0.25, -0.2) is 18.9 Å². The Kier molecular flexibility index (Phi) is 3.79. The number of aryl methyl sites for hydroxylation is 1. The molecule has 3 aromatic heterocycles. The van der Waals surface area contributed by atoms with Gasteiger partial charge in [0, 0.05) is 6.07 Å². The minimum atomic E-state index is -0.374. The lowest BCUT2D eigenvalue weighted by molar-refractivity contribution is 0.387. The number of halogens is 1. The molecule has 0 aromatic carbocycles. The van der Waals surface area contributed by atoms with E-state index in [0.717, 1.165) is 18.4 Å². The highest BCUT2D eigenvalue weighted by molar-refractivity contribution is 9.10. The standard InChI is InChI=1S/C16H15BrN6O2/c1-9-7-11(21-25-9)8-22-16(24)23-14(20-22)12(17)13(19-15(23)18)10-5-3-2-4-6-10/h3,5-7H,2,4,8H2,1H3,(H2,18,19). The Bertz CT molecular complexity index is 1090. The summed E-state index contributed by atoms with van der Waals surface area (Å²) in [5, 5.41) is 8.30. The van der Waals surface area contributed by atoms with Crippen LogP contribution in [0.1, 0.15) is 30.0 Å². The topological polar surface area (TPSA) is 104 Å². The molecule has 128 valence electrons. The summed E-state index contributed by atoms with van der Waals surface area (Å²) in [5.74, 6) is 0.771. The third kappa shape index (κ3) is 2.70. The molecule has 3 aromatic rings. The van der Waals surface area contributed by atoms with Gasteiger partial charge in [0.25, 0.3) is 0 Å². The van der Waals surface area contributed by atoms with E-state index in [2.05, 4.69) is 43.3 Å². The minimum absolute atomic E-state index is 0.0978. The fourth-order valence-corrected chi connectivity index (χ4v) is 3.38. The summed E-state index contributed by atoms with van der Waals surface area (Å²) < 4.78 is 8.25. The van der Waals surface area contributed by atoms with Crippen LogP contribution in [-0.2, 0) is 6.54 Å². The second kappa shape index (κ2) is 5.99. The molecule has 0 atom stereocenters. The maximum atomic E-state index is 12.6. The molecular weight excluding hydrogens is 388 g/mol. The lowest BCUT2D eigenvalue weighted by Gasteiger charge is -2.10. The average Bonchev–Trinajstić information content (AvgIpc) is 3.16. The molecule has 0 spiro atoms. The van der Waals surface area contributed by atoms with E-state index in [0.29, 0.717) is 27.3 Å².